The van der Waals surface area contributed by atoms with Crippen LogP contribution in [-0.2, 0) is 4.79 Å². The van der Waals surface area contributed by atoms with Gasteiger partial charge in [-0.15, -0.1) is 0 Å². The standard InChI is InChI=1S/C14H16O2/c1-9-3-6-12(10(2)7-9)13(8-14(15)16)11-4-5-11/h3,6-8,11H,4-5H2,1-2H3,(H,15,16)/b13-8+. The first-order valence-electron chi connectivity index (χ1n) is 5.60. The van der Waals surface area contributed by atoms with Crippen molar-refractivity contribution in [3.05, 3.63) is 41.0 Å². The SMILES string of the molecule is Cc1ccc(/C(=C/C(=O)O)C2CC2)c(C)c1. The molecule has 0 aromatic heterocycles. The van der Waals surface area contributed by atoms with Crippen molar-refractivity contribution in [2.75, 3.05) is 0 Å². The molecule has 16 heavy (non-hydrogen) atoms. The Balaban J connectivity index is 2.43. The van der Waals surface area contributed by atoms with Gasteiger partial charge in [-0.2, -0.15) is 0 Å². The zero-order valence-corrected chi connectivity index (χ0v) is 9.66. The number of carboxylic acids is 1. The summed E-state index contributed by atoms with van der Waals surface area (Å²) in [7, 11) is 0. The van der Waals surface area contributed by atoms with Crippen LogP contribution in [0.25, 0.3) is 5.57 Å². The van der Waals surface area contributed by atoms with Gasteiger partial charge in [-0.3, -0.25) is 0 Å². The second-order valence-corrected chi connectivity index (χ2v) is 4.53. The van der Waals surface area contributed by atoms with Gasteiger partial charge in [0, 0.05) is 6.08 Å². The number of aliphatic carboxylic acids is 1. The molecule has 0 spiro atoms. The van der Waals surface area contributed by atoms with Gasteiger partial charge in [0.2, 0.25) is 0 Å². The molecule has 0 unspecified atom stereocenters. The number of rotatable bonds is 3. The average molecular weight is 216 g/mol. The zero-order valence-electron chi connectivity index (χ0n) is 9.66. The van der Waals surface area contributed by atoms with Crippen molar-refractivity contribution >= 4 is 11.5 Å². The molecule has 1 aliphatic rings. The van der Waals surface area contributed by atoms with Crippen LogP contribution in [0.15, 0.2) is 24.3 Å². The summed E-state index contributed by atoms with van der Waals surface area (Å²) in [6.45, 7) is 4.09. The van der Waals surface area contributed by atoms with Gasteiger partial charge in [-0.1, -0.05) is 23.8 Å². The summed E-state index contributed by atoms with van der Waals surface area (Å²) < 4.78 is 0. The lowest BCUT2D eigenvalue weighted by atomic mass is 9.95. The first-order valence-corrected chi connectivity index (χ1v) is 5.60. The zero-order chi connectivity index (χ0) is 11.7. The number of carboxylic acid groups (broad SMARTS) is 1. The van der Waals surface area contributed by atoms with Crippen LogP contribution >= 0.6 is 0 Å². The highest BCUT2D eigenvalue weighted by Gasteiger charge is 2.28. The number of benzene rings is 1. The monoisotopic (exact) mass is 216 g/mol. The summed E-state index contributed by atoms with van der Waals surface area (Å²) >= 11 is 0. The highest BCUT2D eigenvalue weighted by atomic mass is 16.4. The Hall–Kier alpha value is -1.57. The van der Waals surface area contributed by atoms with Crippen molar-refractivity contribution in [3.8, 4) is 0 Å². The first kappa shape index (κ1) is 10.9. The number of aryl methyl sites for hydroxylation is 2. The number of hydrogen-bond acceptors (Lipinski definition) is 1. The first-order chi connectivity index (χ1) is 7.58. The predicted molar refractivity (Wildman–Crippen MR) is 64.3 cm³/mol. The summed E-state index contributed by atoms with van der Waals surface area (Å²) in [4.78, 5) is 10.8. The van der Waals surface area contributed by atoms with Crippen molar-refractivity contribution in [2.45, 2.75) is 26.7 Å². The summed E-state index contributed by atoms with van der Waals surface area (Å²) in [5.41, 5.74) is 4.46. The van der Waals surface area contributed by atoms with E-state index in [2.05, 4.69) is 13.0 Å². The molecule has 84 valence electrons. The molecule has 1 aliphatic carbocycles. The lowest BCUT2D eigenvalue weighted by molar-refractivity contribution is -0.131. The molecule has 2 nitrogen and oxygen atoms in total. The van der Waals surface area contributed by atoms with E-state index in [1.54, 1.807) is 0 Å². The molecule has 0 aliphatic heterocycles. The highest BCUT2D eigenvalue weighted by molar-refractivity contribution is 5.91. The third-order valence-electron chi connectivity index (χ3n) is 2.99. The van der Waals surface area contributed by atoms with Crippen molar-refractivity contribution in [1.29, 1.82) is 0 Å². The van der Waals surface area contributed by atoms with E-state index in [1.807, 2.05) is 19.1 Å². The largest absolute Gasteiger partial charge is 0.478 e. The van der Waals surface area contributed by atoms with E-state index < -0.39 is 5.97 Å². The predicted octanol–water partition coefficient (Wildman–Crippen LogP) is 3.18. The van der Waals surface area contributed by atoms with Gasteiger partial charge in [0.05, 0.1) is 0 Å². The minimum Gasteiger partial charge on any atom is -0.478 e. The lowest BCUT2D eigenvalue weighted by Gasteiger charge is -2.10. The molecule has 1 aromatic rings. The maximum Gasteiger partial charge on any atom is 0.328 e. The molecule has 1 aromatic carbocycles. The molecular weight excluding hydrogens is 200 g/mol. The Morgan fingerprint density at radius 2 is 2.06 bits per heavy atom. The van der Waals surface area contributed by atoms with Crippen LogP contribution in [0.1, 0.15) is 29.5 Å². The van der Waals surface area contributed by atoms with Crippen LogP contribution < -0.4 is 0 Å². The van der Waals surface area contributed by atoms with Gasteiger partial charge < -0.3 is 5.11 Å². The third-order valence-corrected chi connectivity index (χ3v) is 2.99. The number of carbonyl (C=O) groups is 1. The molecule has 0 amide bonds. The van der Waals surface area contributed by atoms with Gasteiger partial charge in [0.25, 0.3) is 0 Å². The van der Waals surface area contributed by atoms with Crippen LogP contribution in [-0.4, -0.2) is 11.1 Å². The molecule has 0 bridgehead atoms. The Bertz CT molecular complexity index is 454. The Morgan fingerprint density at radius 1 is 1.38 bits per heavy atom. The number of allylic oxidation sites excluding steroid dienone is 1. The minimum atomic E-state index is -0.845. The maximum atomic E-state index is 10.8. The van der Waals surface area contributed by atoms with E-state index in [9.17, 15) is 4.79 Å². The third kappa shape index (κ3) is 2.32. The van der Waals surface area contributed by atoms with Crippen molar-refractivity contribution in [3.63, 3.8) is 0 Å². The summed E-state index contributed by atoms with van der Waals surface area (Å²) in [5.74, 6) is -0.389. The molecule has 1 saturated carbocycles. The van der Waals surface area contributed by atoms with Crippen LogP contribution in [0.3, 0.4) is 0 Å². The van der Waals surface area contributed by atoms with E-state index in [0.29, 0.717) is 5.92 Å². The Labute approximate surface area is 95.6 Å². The molecular formula is C14H16O2. The fourth-order valence-corrected chi connectivity index (χ4v) is 2.08. The average Bonchev–Trinajstić information content (AvgIpc) is 2.97. The van der Waals surface area contributed by atoms with E-state index >= 15 is 0 Å². The van der Waals surface area contributed by atoms with Gasteiger partial charge in [0.1, 0.15) is 0 Å². The van der Waals surface area contributed by atoms with E-state index in [4.69, 9.17) is 5.11 Å². The Morgan fingerprint density at radius 3 is 2.56 bits per heavy atom. The molecule has 2 heteroatoms. The normalized spacial score (nSPS) is 16.2. The second-order valence-electron chi connectivity index (χ2n) is 4.53. The van der Waals surface area contributed by atoms with Gasteiger partial charge >= 0.3 is 5.97 Å². The van der Waals surface area contributed by atoms with Crippen LogP contribution in [0.2, 0.25) is 0 Å². The number of hydrogen-bond donors (Lipinski definition) is 1. The molecule has 0 atom stereocenters. The van der Waals surface area contributed by atoms with Crippen molar-refractivity contribution in [2.24, 2.45) is 5.92 Å². The molecule has 1 N–H and O–H groups in total. The van der Waals surface area contributed by atoms with Gasteiger partial charge in [-0.05, 0) is 49.3 Å². The lowest BCUT2D eigenvalue weighted by Crippen LogP contribution is -1.97. The van der Waals surface area contributed by atoms with Crippen molar-refractivity contribution < 1.29 is 9.90 Å². The van der Waals surface area contributed by atoms with Crippen molar-refractivity contribution in [1.82, 2.24) is 0 Å². The smallest absolute Gasteiger partial charge is 0.328 e. The summed E-state index contributed by atoms with van der Waals surface area (Å²) in [5, 5.41) is 8.89. The maximum absolute atomic E-state index is 10.8. The molecule has 2 rings (SSSR count). The Kier molecular flexibility index (Phi) is 2.82. The second kappa shape index (κ2) is 4.12. The quantitative estimate of drug-likeness (QED) is 0.788. The summed E-state index contributed by atoms with van der Waals surface area (Å²) in [6, 6.07) is 6.19. The molecule has 0 saturated heterocycles. The van der Waals surface area contributed by atoms with E-state index in [1.165, 1.54) is 17.2 Å². The molecule has 0 radical (unpaired) electrons. The topological polar surface area (TPSA) is 37.3 Å². The highest BCUT2D eigenvalue weighted by Crippen LogP contribution is 2.42. The van der Waals surface area contributed by atoms with Gasteiger partial charge in [0.15, 0.2) is 0 Å². The van der Waals surface area contributed by atoms with Crippen LogP contribution in [0.5, 0.6) is 0 Å². The van der Waals surface area contributed by atoms with E-state index in [0.717, 1.165) is 24.0 Å². The fraction of sp³-hybridized carbons (Fsp3) is 0.357. The minimum absolute atomic E-state index is 0.456. The fourth-order valence-electron chi connectivity index (χ4n) is 2.08. The molecule has 1 fully saturated rings. The van der Waals surface area contributed by atoms with Gasteiger partial charge in [-0.25, -0.2) is 4.79 Å². The van der Waals surface area contributed by atoms with Crippen LogP contribution in [0, 0.1) is 19.8 Å². The van der Waals surface area contributed by atoms with Crippen LogP contribution in [0.4, 0.5) is 0 Å². The van der Waals surface area contributed by atoms with E-state index in [-0.39, 0.29) is 0 Å². The molecule has 0 heterocycles. The summed E-state index contributed by atoms with van der Waals surface area (Å²) in [6.07, 6.45) is 3.61.